The number of benzene rings is 2. The third-order valence-electron chi connectivity index (χ3n) is 5.43. The predicted molar refractivity (Wildman–Crippen MR) is 133 cm³/mol. The Hall–Kier alpha value is -3.65. The first-order chi connectivity index (χ1) is 15.9. The molecule has 4 aromatic rings. The van der Waals surface area contributed by atoms with Gasteiger partial charge in [0.1, 0.15) is 11.0 Å². The van der Waals surface area contributed by atoms with E-state index in [0.717, 1.165) is 37.8 Å². The summed E-state index contributed by atoms with van der Waals surface area (Å²) in [5, 5.41) is 17.2. The fourth-order valence-electron chi connectivity index (χ4n) is 3.87. The minimum absolute atomic E-state index is 0.392. The number of hydrogen-bond acceptors (Lipinski definition) is 6. The summed E-state index contributed by atoms with van der Waals surface area (Å²) >= 11 is 1.62. The summed E-state index contributed by atoms with van der Waals surface area (Å²) in [5.74, 6) is -0.150. The Morgan fingerprint density at radius 3 is 2.48 bits per heavy atom. The summed E-state index contributed by atoms with van der Waals surface area (Å²) in [6.45, 7) is 6.65. The van der Waals surface area contributed by atoms with Crippen LogP contribution in [0.1, 0.15) is 27.3 Å². The number of hydrogen-bond donors (Lipinski definition) is 4. The third kappa shape index (κ3) is 5.59. The zero-order valence-corrected chi connectivity index (χ0v) is 19.7. The first-order valence-corrected chi connectivity index (χ1v) is 11.5. The van der Waals surface area contributed by atoms with Crippen molar-refractivity contribution in [1.82, 2.24) is 15.0 Å². The van der Waals surface area contributed by atoms with E-state index in [2.05, 4.69) is 37.7 Å². The molecule has 1 atom stereocenters. The van der Waals surface area contributed by atoms with Crippen LogP contribution in [-0.2, 0) is 17.8 Å². The van der Waals surface area contributed by atoms with E-state index in [1.165, 1.54) is 5.56 Å². The molecule has 0 saturated heterocycles. The number of H-pyrrole nitrogens is 1. The molecule has 0 aliphatic rings. The van der Waals surface area contributed by atoms with Gasteiger partial charge in [-0.1, -0.05) is 42.0 Å². The van der Waals surface area contributed by atoms with Crippen molar-refractivity contribution in [3.05, 3.63) is 82.3 Å². The van der Waals surface area contributed by atoms with E-state index in [0.29, 0.717) is 18.9 Å². The van der Waals surface area contributed by atoms with Gasteiger partial charge in [0.05, 0.1) is 11.4 Å². The quantitative estimate of drug-likeness (QED) is 0.274. The van der Waals surface area contributed by atoms with E-state index in [1.54, 1.807) is 23.7 Å². The van der Waals surface area contributed by atoms with Crippen molar-refractivity contribution >= 4 is 28.9 Å². The van der Waals surface area contributed by atoms with Crippen LogP contribution in [0.25, 0.3) is 10.4 Å². The molecule has 1 unspecified atom stereocenters. The number of carbonyl (C=O) groups is 1. The number of aliphatic carboxylic acids is 1. The number of aromatic nitrogens is 3. The molecule has 2 heterocycles. The van der Waals surface area contributed by atoms with E-state index in [9.17, 15) is 9.90 Å². The molecule has 0 fully saturated rings. The number of imidazole rings is 1. The normalized spacial score (nSPS) is 11.8. The van der Waals surface area contributed by atoms with Crippen LogP contribution in [0.4, 0.5) is 11.6 Å². The van der Waals surface area contributed by atoms with Crippen molar-refractivity contribution in [2.45, 2.75) is 39.8 Å². The smallest absolute Gasteiger partial charge is 0.326 e. The maximum atomic E-state index is 12.0. The SMILES string of the molecule is Cc1cc(C)c(NC(Cc2ccc(-c3cnc(CNc4ncc[nH]4)s3)cc2)C(=O)O)c(C)c1. The molecule has 2 aromatic carbocycles. The molecule has 0 radical (unpaired) electrons. The van der Waals surface area contributed by atoms with Crippen LogP contribution in [-0.4, -0.2) is 32.1 Å². The standard InChI is InChI=1S/C25H27N5O2S/c1-15-10-16(2)23(17(3)11-15)30-20(24(31)32)12-18-4-6-19(7-5-18)21-13-28-22(33-21)14-29-25-26-8-9-27-25/h4-11,13,20,30H,12,14H2,1-3H3,(H,31,32)(H2,26,27,29). The van der Waals surface area contributed by atoms with Crippen LogP contribution in [0.2, 0.25) is 0 Å². The van der Waals surface area contributed by atoms with Gasteiger partial charge in [0.15, 0.2) is 5.95 Å². The molecule has 4 rings (SSSR count). The average molecular weight is 462 g/mol. The molecule has 0 amide bonds. The largest absolute Gasteiger partial charge is 0.480 e. The lowest BCUT2D eigenvalue weighted by molar-refractivity contribution is -0.137. The minimum atomic E-state index is -0.866. The monoisotopic (exact) mass is 461 g/mol. The van der Waals surface area contributed by atoms with E-state index in [-0.39, 0.29) is 0 Å². The van der Waals surface area contributed by atoms with Gasteiger partial charge in [0.25, 0.3) is 0 Å². The number of anilines is 2. The number of nitrogens with one attached hydrogen (secondary N) is 3. The molecule has 8 heteroatoms. The Labute approximate surface area is 197 Å². The Balaban J connectivity index is 1.42. The van der Waals surface area contributed by atoms with Crippen LogP contribution < -0.4 is 10.6 Å². The van der Waals surface area contributed by atoms with Gasteiger partial charge in [0, 0.05) is 30.7 Å². The summed E-state index contributed by atoms with van der Waals surface area (Å²) in [6, 6.07) is 11.4. The molecule has 7 nitrogen and oxygen atoms in total. The summed E-state index contributed by atoms with van der Waals surface area (Å²) in [6.07, 6.45) is 5.72. The number of nitrogens with zero attached hydrogens (tertiary/aromatic N) is 2. The number of rotatable bonds is 9. The highest BCUT2D eigenvalue weighted by Crippen LogP contribution is 2.28. The van der Waals surface area contributed by atoms with Crippen molar-refractivity contribution in [3.63, 3.8) is 0 Å². The lowest BCUT2D eigenvalue weighted by Crippen LogP contribution is -2.32. The Morgan fingerprint density at radius 1 is 1.12 bits per heavy atom. The van der Waals surface area contributed by atoms with Crippen LogP contribution in [0.5, 0.6) is 0 Å². The number of aromatic amines is 1. The van der Waals surface area contributed by atoms with Crippen molar-refractivity contribution in [2.24, 2.45) is 0 Å². The first kappa shape index (κ1) is 22.5. The van der Waals surface area contributed by atoms with Gasteiger partial charge < -0.3 is 20.7 Å². The van der Waals surface area contributed by atoms with Crippen LogP contribution in [0.3, 0.4) is 0 Å². The molecular weight excluding hydrogens is 434 g/mol. The van der Waals surface area contributed by atoms with Gasteiger partial charge in [0.2, 0.25) is 0 Å². The first-order valence-electron chi connectivity index (χ1n) is 10.7. The number of carboxylic acid groups (broad SMARTS) is 1. The van der Waals surface area contributed by atoms with Gasteiger partial charge in [-0.05, 0) is 43.0 Å². The highest BCUT2D eigenvalue weighted by molar-refractivity contribution is 7.15. The fourth-order valence-corrected chi connectivity index (χ4v) is 4.73. The van der Waals surface area contributed by atoms with Crippen molar-refractivity contribution in [2.75, 3.05) is 10.6 Å². The fraction of sp³-hybridized carbons (Fsp3) is 0.240. The van der Waals surface area contributed by atoms with E-state index in [4.69, 9.17) is 0 Å². The van der Waals surface area contributed by atoms with Crippen molar-refractivity contribution < 1.29 is 9.90 Å². The summed E-state index contributed by atoms with van der Waals surface area (Å²) in [4.78, 5) is 24.7. The summed E-state index contributed by atoms with van der Waals surface area (Å²) in [7, 11) is 0. The Kier molecular flexibility index (Phi) is 6.74. The zero-order chi connectivity index (χ0) is 23.4. The molecule has 0 spiro atoms. The minimum Gasteiger partial charge on any atom is -0.480 e. The van der Waals surface area contributed by atoms with Gasteiger partial charge in [-0.2, -0.15) is 0 Å². The molecule has 2 aromatic heterocycles. The molecule has 0 aliphatic carbocycles. The number of carboxylic acids is 1. The maximum absolute atomic E-state index is 12.0. The van der Waals surface area contributed by atoms with Gasteiger partial charge in [-0.3, -0.25) is 0 Å². The Bertz CT molecular complexity index is 1210. The molecule has 0 aliphatic heterocycles. The summed E-state index contributed by atoms with van der Waals surface area (Å²) in [5.41, 5.74) is 6.19. The van der Waals surface area contributed by atoms with Crippen LogP contribution >= 0.6 is 11.3 Å². The van der Waals surface area contributed by atoms with Crippen LogP contribution in [0, 0.1) is 20.8 Å². The zero-order valence-electron chi connectivity index (χ0n) is 18.8. The van der Waals surface area contributed by atoms with Crippen LogP contribution in [0.15, 0.2) is 55.0 Å². The molecular formula is C25H27N5O2S. The second-order valence-electron chi connectivity index (χ2n) is 8.12. The highest BCUT2D eigenvalue weighted by atomic mass is 32.1. The molecule has 170 valence electrons. The second-order valence-corrected chi connectivity index (χ2v) is 9.23. The lowest BCUT2D eigenvalue weighted by atomic mass is 10.0. The third-order valence-corrected chi connectivity index (χ3v) is 6.48. The lowest BCUT2D eigenvalue weighted by Gasteiger charge is -2.20. The summed E-state index contributed by atoms with van der Waals surface area (Å²) < 4.78 is 0. The van der Waals surface area contributed by atoms with Gasteiger partial charge >= 0.3 is 5.97 Å². The molecule has 33 heavy (non-hydrogen) atoms. The highest BCUT2D eigenvalue weighted by Gasteiger charge is 2.20. The molecule has 0 saturated carbocycles. The van der Waals surface area contributed by atoms with E-state index in [1.807, 2.05) is 51.2 Å². The molecule has 0 bridgehead atoms. The topological polar surface area (TPSA) is 103 Å². The number of aryl methyl sites for hydroxylation is 3. The van der Waals surface area contributed by atoms with Gasteiger partial charge in [-0.25, -0.2) is 14.8 Å². The van der Waals surface area contributed by atoms with E-state index < -0.39 is 12.0 Å². The average Bonchev–Trinajstić information content (AvgIpc) is 3.46. The molecule has 4 N–H and O–H groups in total. The second kappa shape index (κ2) is 9.87. The maximum Gasteiger partial charge on any atom is 0.326 e. The van der Waals surface area contributed by atoms with E-state index >= 15 is 0 Å². The number of thiazole rings is 1. The Morgan fingerprint density at radius 2 is 1.85 bits per heavy atom. The van der Waals surface area contributed by atoms with Crippen molar-refractivity contribution in [3.8, 4) is 10.4 Å². The van der Waals surface area contributed by atoms with Crippen molar-refractivity contribution in [1.29, 1.82) is 0 Å². The van der Waals surface area contributed by atoms with Gasteiger partial charge in [-0.15, -0.1) is 11.3 Å². The predicted octanol–water partition coefficient (Wildman–Crippen LogP) is 5.18.